The monoisotopic (exact) mass is 630 g/mol. The zero-order valence-electron chi connectivity index (χ0n) is 25.6. The number of pyridine rings is 1. The van der Waals surface area contributed by atoms with Gasteiger partial charge in [0.05, 0.1) is 17.0 Å². The molecule has 1 aromatic heterocycles. The van der Waals surface area contributed by atoms with E-state index >= 15 is 0 Å². The highest BCUT2D eigenvalue weighted by Crippen LogP contribution is 2.17. The first kappa shape index (κ1) is 36.5. The molecule has 0 saturated heterocycles. The number of nitrogens with zero attached hydrogens (tertiary/aromatic N) is 3. The van der Waals surface area contributed by atoms with Crippen LogP contribution < -0.4 is 16.2 Å². The molecule has 0 aliphatic heterocycles. The van der Waals surface area contributed by atoms with E-state index < -0.39 is 10.1 Å². The van der Waals surface area contributed by atoms with Crippen LogP contribution in [0.1, 0.15) is 113 Å². The molecule has 0 bridgehead atoms. The van der Waals surface area contributed by atoms with Crippen molar-refractivity contribution in [2.45, 2.75) is 108 Å². The molecule has 1 heterocycles. The van der Waals surface area contributed by atoms with Crippen LogP contribution in [0.5, 0.6) is 0 Å². The Hall–Kier alpha value is -3.71. The third kappa shape index (κ3) is 15.7. The molecule has 0 saturated carbocycles. The van der Waals surface area contributed by atoms with E-state index in [0.717, 1.165) is 25.7 Å². The van der Waals surface area contributed by atoms with Gasteiger partial charge in [-0.05, 0) is 43.0 Å². The standard InChI is InChI=1S/C31H46N6O6S/c1-2-3-4-5-6-7-8-9-11-18-29(38)36-37-30(39)19-12-10-15-22-32-31(40)26-20-21-28(33-23-26)35-34-24-25-16-13-14-17-27(25)44(41,42)43/h13-14,16-17,20-21,23H,2-12,15,18-19,22,24H2,1H3,(H,32,40)(H,36,38)(H,37,39)(H,41,42,43). The molecule has 2 rings (SSSR count). The van der Waals surface area contributed by atoms with E-state index in [4.69, 9.17) is 0 Å². The highest BCUT2D eigenvalue weighted by molar-refractivity contribution is 7.85. The van der Waals surface area contributed by atoms with Gasteiger partial charge in [-0.15, -0.1) is 5.11 Å². The van der Waals surface area contributed by atoms with E-state index in [-0.39, 0.29) is 41.4 Å². The quantitative estimate of drug-likeness (QED) is 0.0567. The highest BCUT2D eigenvalue weighted by Gasteiger charge is 2.14. The second-order valence-corrected chi connectivity index (χ2v) is 12.0. The number of nitrogens with one attached hydrogen (secondary N) is 3. The fourth-order valence-electron chi connectivity index (χ4n) is 4.40. The zero-order chi connectivity index (χ0) is 32.0. The molecule has 44 heavy (non-hydrogen) atoms. The van der Waals surface area contributed by atoms with Crippen LogP contribution in [-0.2, 0) is 26.3 Å². The van der Waals surface area contributed by atoms with Crippen molar-refractivity contribution in [1.29, 1.82) is 0 Å². The topological polar surface area (TPSA) is 179 Å². The largest absolute Gasteiger partial charge is 0.352 e. The molecule has 0 atom stereocenters. The number of amides is 3. The second kappa shape index (κ2) is 21.1. The molecule has 0 unspecified atom stereocenters. The van der Waals surface area contributed by atoms with Gasteiger partial charge < -0.3 is 5.32 Å². The van der Waals surface area contributed by atoms with Crippen molar-refractivity contribution >= 4 is 33.7 Å². The lowest BCUT2D eigenvalue weighted by Gasteiger charge is -2.08. The molecule has 0 radical (unpaired) electrons. The summed E-state index contributed by atoms with van der Waals surface area (Å²) in [6, 6.07) is 9.00. The van der Waals surface area contributed by atoms with E-state index in [2.05, 4.69) is 38.3 Å². The summed E-state index contributed by atoms with van der Waals surface area (Å²) in [5, 5.41) is 10.7. The molecule has 2 aromatic rings. The summed E-state index contributed by atoms with van der Waals surface area (Å²) in [4.78, 5) is 40.1. The minimum Gasteiger partial charge on any atom is -0.352 e. The molecule has 4 N–H and O–H groups in total. The summed E-state index contributed by atoms with van der Waals surface area (Å²) >= 11 is 0. The SMILES string of the molecule is CCCCCCCCCCCC(=O)NNC(=O)CCCCCNC(=O)c1ccc(N=NCc2ccccc2S(=O)(=O)O)nc1. The summed E-state index contributed by atoms with van der Waals surface area (Å²) in [6.45, 7) is 2.57. The van der Waals surface area contributed by atoms with Gasteiger partial charge in [0.25, 0.3) is 16.0 Å². The van der Waals surface area contributed by atoms with E-state index in [1.807, 2.05) is 0 Å². The van der Waals surface area contributed by atoms with Gasteiger partial charge in [0.15, 0.2) is 5.82 Å². The normalized spacial score (nSPS) is 11.4. The minimum absolute atomic E-state index is 0.0738. The summed E-state index contributed by atoms with van der Waals surface area (Å²) in [5.41, 5.74) is 5.58. The molecule has 0 fully saturated rings. The van der Waals surface area contributed by atoms with E-state index in [1.54, 1.807) is 12.1 Å². The highest BCUT2D eigenvalue weighted by atomic mass is 32.2. The molecule has 3 amide bonds. The lowest BCUT2D eigenvalue weighted by Crippen LogP contribution is -2.41. The number of hydrazine groups is 1. The van der Waals surface area contributed by atoms with Crippen LogP contribution in [0, 0.1) is 0 Å². The average molecular weight is 631 g/mol. The first-order chi connectivity index (χ1) is 21.2. The fourth-order valence-corrected chi connectivity index (χ4v) is 5.12. The van der Waals surface area contributed by atoms with E-state index in [0.29, 0.717) is 36.9 Å². The van der Waals surface area contributed by atoms with Gasteiger partial charge >= 0.3 is 0 Å². The third-order valence-electron chi connectivity index (χ3n) is 6.89. The van der Waals surface area contributed by atoms with Crippen molar-refractivity contribution < 1.29 is 27.4 Å². The molecule has 13 heteroatoms. The molecule has 0 spiro atoms. The van der Waals surface area contributed by atoms with Crippen LogP contribution in [0.15, 0.2) is 57.7 Å². The number of carbonyl (C=O) groups excluding carboxylic acids is 3. The Labute approximate surface area is 260 Å². The van der Waals surface area contributed by atoms with Crippen LogP contribution in [-0.4, -0.2) is 42.2 Å². The summed E-state index contributed by atoms with van der Waals surface area (Å²) < 4.78 is 32.2. The lowest BCUT2D eigenvalue weighted by atomic mass is 10.1. The number of azo groups is 1. The van der Waals surface area contributed by atoms with Gasteiger partial charge in [0, 0.05) is 25.6 Å². The molecule has 12 nitrogen and oxygen atoms in total. The second-order valence-electron chi connectivity index (χ2n) is 10.6. The van der Waals surface area contributed by atoms with Crippen LogP contribution >= 0.6 is 0 Å². The van der Waals surface area contributed by atoms with Gasteiger partial charge in [0.2, 0.25) is 11.8 Å². The van der Waals surface area contributed by atoms with Gasteiger partial charge in [-0.25, -0.2) is 4.98 Å². The fraction of sp³-hybridized carbons (Fsp3) is 0.548. The van der Waals surface area contributed by atoms with E-state index in [9.17, 15) is 27.4 Å². The Morgan fingerprint density at radius 2 is 1.39 bits per heavy atom. The zero-order valence-corrected chi connectivity index (χ0v) is 26.4. The van der Waals surface area contributed by atoms with E-state index in [1.165, 1.54) is 69.0 Å². The van der Waals surface area contributed by atoms with Crippen LogP contribution in [0.2, 0.25) is 0 Å². The van der Waals surface area contributed by atoms with Gasteiger partial charge in [-0.1, -0.05) is 82.9 Å². The molecule has 0 aliphatic carbocycles. The number of rotatable bonds is 21. The molecule has 0 aliphatic rings. The maximum atomic E-state index is 12.4. The van der Waals surface area contributed by atoms with Gasteiger partial charge in [0.1, 0.15) is 0 Å². The van der Waals surface area contributed by atoms with Crippen LogP contribution in [0.4, 0.5) is 5.82 Å². The Bertz CT molecular complexity index is 1300. The lowest BCUT2D eigenvalue weighted by molar-refractivity contribution is -0.129. The average Bonchev–Trinajstić information content (AvgIpc) is 3.01. The number of unbranched alkanes of at least 4 members (excludes halogenated alkanes) is 10. The van der Waals surface area contributed by atoms with Crippen molar-refractivity contribution in [3.05, 3.63) is 53.7 Å². The van der Waals surface area contributed by atoms with Gasteiger partial charge in [-0.3, -0.25) is 29.8 Å². The Morgan fingerprint density at radius 1 is 0.795 bits per heavy atom. The molecule has 1 aromatic carbocycles. The predicted molar refractivity (Wildman–Crippen MR) is 168 cm³/mol. The predicted octanol–water partition coefficient (Wildman–Crippen LogP) is 5.97. The minimum atomic E-state index is -4.37. The maximum absolute atomic E-state index is 12.4. The van der Waals surface area contributed by atoms with Crippen molar-refractivity contribution in [3.8, 4) is 0 Å². The first-order valence-electron chi connectivity index (χ1n) is 15.5. The van der Waals surface area contributed by atoms with Crippen molar-refractivity contribution in [1.82, 2.24) is 21.2 Å². The Morgan fingerprint density at radius 3 is 1.98 bits per heavy atom. The summed E-state index contributed by atoms with van der Waals surface area (Å²) in [7, 11) is -4.37. The Kier molecular flexibility index (Phi) is 17.5. The molecular weight excluding hydrogens is 584 g/mol. The van der Waals surface area contributed by atoms with Crippen LogP contribution in [0.25, 0.3) is 0 Å². The molecular formula is C31H46N6O6S. The number of hydrogen-bond donors (Lipinski definition) is 4. The summed E-state index contributed by atoms with van der Waals surface area (Å²) in [5.74, 6) is -0.462. The smallest absolute Gasteiger partial charge is 0.294 e. The van der Waals surface area contributed by atoms with Crippen molar-refractivity contribution in [3.63, 3.8) is 0 Å². The molecule has 242 valence electrons. The third-order valence-corrected chi connectivity index (χ3v) is 7.84. The van der Waals surface area contributed by atoms with Gasteiger partial charge in [-0.2, -0.15) is 13.5 Å². The van der Waals surface area contributed by atoms with Crippen molar-refractivity contribution in [2.24, 2.45) is 10.2 Å². The number of benzene rings is 1. The first-order valence-corrected chi connectivity index (χ1v) is 16.9. The number of hydrogen-bond acceptors (Lipinski definition) is 8. The number of carbonyl (C=O) groups is 3. The summed E-state index contributed by atoms with van der Waals surface area (Å²) in [6.07, 6.45) is 14.8. The maximum Gasteiger partial charge on any atom is 0.294 e. The number of aromatic nitrogens is 1. The van der Waals surface area contributed by atoms with Crippen molar-refractivity contribution in [2.75, 3.05) is 6.54 Å². The Balaban J connectivity index is 1.53. The van der Waals surface area contributed by atoms with Crippen LogP contribution in [0.3, 0.4) is 0 Å².